The van der Waals surface area contributed by atoms with Crippen LogP contribution in [0, 0.1) is 5.92 Å². The highest BCUT2D eigenvalue weighted by Crippen LogP contribution is 2.33. The van der Waals surface area contributed by atoms with Crippen LogP contribution in [0.3, 0.4) is 0 Å². The Labute approximate surface area is 116 Å². The Morgan fingerprint density at radius 2 is 2.05 bits per heavy atom. The van der Waals surface area contributed by atoms with Crippen LogP contribution in [0.5, 0.6) is 5.75 Å². The van der Waals surface area contributed by atoms with E-state index in [9.17, 15) is 0 Å². The molecule has 2 rings (SSSR count). The summed E-state index contributed by atoms with van der Waals surface area (Å²) < 4.78 is 11.6. The fraction of sp³-hybridized carbons (Fsp3) is 0.625. The summed E-state index contributed by atoms with van der Waals surface area (Å²) in [5, 5.41) is 3.27. The predicted octanol–water partition coefficient (Wildman–Crippen LogP) is 3.16. The van der Waals surface area contributed by atoms with Gasteiger partial charge in [0.15, 0.2) is 0 Å². The van der Waals surface area contributed by atoms with Gasteiger partial charge in [0, 0.05) is 19.1 Å². The first-order valence-corrected chi connectivity index (χ1v) is 7.23. The summed E-state index contributed by atoms with van der Waals surface area (Å²) in [4.78, 5) is 0. The van der Waals surface area contributed by atoms with Crippen molar-refractivity contribution in [2.75, 3.05) is 20.2 Å². The van der Waals surface area contributed by atoms with Gasteiger partial charge in [-0.2, -0.15) is 0 Å². The topological polar surface area (TPSA) is 30.5 Å². The van der Waals surface area contributed by atoms with Crippen LogP contribution in [-0.4, -0.2) is 26.3 Å². The second-order valence-electron chi connectivity index (χ2n) is 5.49. The molecule has 1 N–H and O–H groups in total. The van der Waals surface area contributed by atoms with Crippen molar-refractivity contribution in [3.63, 3.8) is 0 Å². The van der Waals surface area contributed by atoms with Crippen LogP contribution in [0.4, 0.5) is 0 Å². The van der Waals surface area contributed by atoms with E-state index < -0.39 is 0 Å². The third-order valence-electron chi connectivity index (χ3n) is 3.49. The molecule has 1 heterocycles. The first-order chi connectivity index (χ1) is 9.20. The molecule has 0 aliphatic carbocycles. The molecule has 3 heteroatoms. The van der Waals surface area contributed by atoms with Crippen molar-refractivity contribution < 1.29 is 9.47 Å². The monoisotopic (exact) mass is 263 g/mol. The van der Waals surface area contributed by atoms with Crippen LogP contribution >= 0.6 is 0 Å². The quantitative estimate of drug-likeness (QED) is 0.885. The minimum atomic E-state index is 0.217. The Kier molecular flexibility index (Phi) is 5.23. The normalized spacial score (nSPS) is 23.6. The summed E-state index contributed by atoms with van der Waals surface area (Å²) in [6, 6.07) is 8.36. The molecular weight excluding hydrogens is 238 g/mol. The highest BCUT2D eigenvalue weighted by atomic mass is 16.5. The minimum absolute atomic E-state index is 0.217. The van der Waals surface area contributed by atoms with Crippen molar-refractivity contribution in [2.24, 2.45) is 5.92 Å². The fourth-order valence-electron chi connectivity index (χ4n) is 2.69. The van der Waals surface area contributed by atoms with Crippen LogP contribution in [0.15, 0.2) is 24.3 Å². The van der Waals surface area contributed by atoms with E-state index in [-0.39, 0.29) is 12.2 Å². The van der Waals surface area contributed by atoms with Gasteiger partial charge < -0.3 is 14.8 Å². The molecule has 1 aromatic carbocycles. The molecule has 0 aromatic heterocycles. The van der Waals surface area contributed by atoms with Crippen molar-refractivity contribution >= 4 is 0 Å². The molecule has 0 radical (unpaired) electrons. The Hall–Kier alpha value is -1.06. The Balaban J connectivity index is 2.06. The Morgan fingerprint density at radius 1 is 1.32 bits per heavy atom. The van der Waals surface area contributed by atoms with Crippen molar-refractivity contribution in [2.45, 2.75) is 38.9 Å². The molecule has 0 saturated carbocycles. The van der Waals surface area contributed by atoms with Gasteiger partial charge in [-0.1, -0.05) is 12.1 Å². The first-order valence-electron chi connectivity index (χ1n) is 7.23. The van der Waals surface area contributed by atoms with Crippen molar-refractivity contribution in [1.82, 2.24) is 5.32 Å². The first kappa shape index (κ1) is 14.4. The second kappa shape index (κ2) is 6.92. The number of nitrogens with one attached hydrogen (secondary N) is 1. The summed E-state index contributed by atoms with van der Waals surface area (Å²) >= 11 is 0. The van der Waals surface area contributed by atoms with Crippen molar-refractivity contribution in [3.8, 4) is 5.75 Å². The molecule has 19 heavy (non-hydrogen) atoms. The van der Waals surface area contributed by atoms with Crippen LogP contribution in [-0.2, 0) is 4.74 Å². The molecule has 0 spiro atoms. The lowest BCUT2D eigenvalue weighted by Gasteiger charge is -2.32. The van der Waals surface area contributed by atoms with E-state index in [1.807, 2.05) is 33.0 Å². The van der Waals surface area contributed by atoms with E-state index in [0.29, 0.717) is 5.92 Å². The largest absolute Gasteiger partial charge is 0.491 e. The minimum Gasteiger partial charge on any atom is -0.491 e. The zero-order valence-corrected chi connectivity index (χ0v) is 12.2. The third kappa shape index (κ3) is 3.95. The molecule has 106 valence electrons. The summed E-state index contributed by atoms with van der Waals surface area (Å²) in [5.74, 6) is 1.50. The van der Waals surface area contributed by atoms with Gasteiger partial charge in [0.2, 0.25) is 0 Å². The van der Waals surface area contributed by atoms with E-state index in [4.69, 9.17) is 9.47 Å². The third-order valence-corrected chi connectivity index (χ3v) is 3.49. The maximum absolute atomic E-state index is 5.97. The van der Waals surface area contributed by atoms with Crippen molar-refractivity contribution in [3.05, 3.63) is 29.8 Å². The maximum atomic E-state index is 5.97. The number of rotatable bonds is 5. The maximum Gasteiger partial charge on any atom is 0.119 e. The zero-order valence-electron chi connectivity index (χ0n) is 12.2. The van der Waals surface area contributed by atoms with Crippen LogP contribution in [0.2, 0.25) is 0 Å². The molecule has 2 unspecified atom stereocenters. The van der Waals surface area contributed by atoms with E-state index in [0.717, 1.165) is 25.3 Å². The smallest absolute Gasteiger partial charge is 0.119 e. The summed E-state index contributed by atoms with van der Waals surface area (Å²) in [7, 11) is 2.01. The molecule has 1 saturated heterocycles. The number of hydrogen-bond donors (Lipinski definition) is 1. The van der Waals surface area contributed by atoms with Gasteiger partial charge in [-0.25, -0.2) is 0 Å². The lowest BCUT2D eigenvalue weighted by Crippen LogP contribution is -2.30. The summed E-state index contributed by atoms with van der Waals surface area (Å²) in [6.07, 6.45) is 2.83. The van der Waals surface area contributed by atoms with Gasteiger partial charge in [0.05, 0.1) is 12.2 Å². The number of hydrogen-bond acceptors (Lipinski definition) is 3. The average molecular weight is 263 g/mol. The molecule has 1 fully saturated rings. The molecule has 2 atom stereocenters. The second-order valence-corrected chi connectivity index (χ2v) is 5.49. The van der Waals surface area contributed by atoms with Gasteiger partial charge in [-0.3, -0.25) is 0 Å². The van der Waals surface area contributed by atoms with E-state index in [2.05, 4.69) is 17.4 Å². The fourth-order valence-corrected chi connectivity index (χ4v) is 2.69. The van der Waals surface area contributed by atoms with Gasteiger partial charge in [-0.05, 0) is 51.4 Å². The predicted molar refractivity (Wildman–Crippen MR) is 77.5 cm³/mol. The van der Waals surface area contributed by atoms with E-state index in [1.165, 1.54) is 12.0 Å². The van der Waals surface area contributed by atoms with Crippen molar-refractivity contribution in [1.29, 1.82) is 0 Å². The Morgan fingerprint density at radius 3 is 2.68 bits per heavy atom. The lowest BCUT2D eigenvalue weighted by atomic mass is 9.89. The molecular formula is C16H25NO2. The highest BCUT2D eigenvalue weighted by molar-refractivity contribution is 5.29. The standard InChI is InChI=1S/C16H25NO2/c1-12(2)19-15-8-6-13(7-9-15)16-14(11-17-3)5-4-10-18-16/h6-9,12,14,16-17H,4-5,10-11H2,1-3H3. The van der Waals surface area contributed by atoms with E-state index >= 15 is 0 Å². The zero-order chi connectivity index (χ0) is 13.7. The molecule has 1 aliphatic heterocycles. The van der Waals surface area contributed by atoms with Crippen LogP contribution < -0.4 is 10.1 Å². The summed E-state index contributed by atoms with van der Waals surface area (Å²) in [6.45, 7) is 5.96. The lowest BCUT2D eigenvalue weighted by molar-refractivity contribution is -0.0272. The average Bonchev–Trinajstić information content (AvgIpc) is 2.40. The number of benzene rings is 1. The van der Waals surface area contributed by atoms with Crippen LogP contribution in [0.25, 0.3) is 0 Å². The molecule has 0 amide bonds. The molecule has 0 bridgehead atoms. The number of ether oxygens (including phenoxy) is 2. The highest BCUT2D eigenvalue weighted by Gasteiger charge is 2.26. The van der Waals surface area contributed by atoms with Gasteiger partial charge in [0.25, 0.3) is 0 Å². The molecule has 3 nitrogen and oxygen atoms in total. The molecule has 1 aliphatic rings. The Bertz CT molecular complexity index is 373. The van der Waals surface area contributed by atoms with Gasteiger partial charge >= 0.3 is 0 Å². The van der Waals surface area contributed by atoms with Gasteiger partial charge in [0.1, 0.15) is 5.75 Å². The van der Waals surface area contributed by atoms with E-state index in [1.54, 1.807) is 0 Å². The molecule has 1 aromatic rings. The van der Waals surface area contributed by atoms with Crippen LogP contribution in [0.1, 0.15) is 38.4 Å². The SMILES string of the molecule is CNCC1CCCOC1c1ccc(OC(C)C)cc1. The summed E-state index contributed by atoms with van der Waals surface area (Å²) in [5.41, 5.74) is 1.26. The van der Waals surface area contributed by atoms with Gasteiger partial charge in [-0.15, -0.1) is 0 Å².